The Hall–Kier alpha value is -4.71. The van der Waals surface area contributed by atoms with Crippen molar-refractivity contribution < 1.29 is 28.6 Å². The normalized spacial score (nSPS) is 13.1. The second kappa shape index (κ2) is 63.8. The maximum atomic E-state index is 12.8. The molecule has 434 valence electrons. The van der Waals surface area contributed by atoms with Gasteiger partial charge in [0, 0.05) is 19.3 Å². The predicted octanol–water partition coefficient (Wildman–Crippen LogP) is 21.5. The van der Waals surface area contributed by atoms with Crippen molar-refractivity contribution in [1.29, 1.82) is 0 Å². The van der Waals surface area contributed by atoms with E-state index in [1.54, 1.807) is 0 Å². The van der Waals surface area contributed by atoms with Crippen LogP contribution in [0.25, 0.3) is 0 Å². The number of hydrogen-bond acceptors (Lipinski definition) is 6. The van der Waals surface area contributed by atoms with E-state index < -0.39 is 6.10 Å². The summed E-state index contributed by atoms with van der Waals surface area (Å²) in [6.07, 6.45) is 91.6. The highest BCUT2D eigenvalue weighted by atomic mass is 16.6. The zero-order valence-corrected chi connectivity index (χ0v) is 49.7. The van der Waals surface area contributed by atoms with Gasteiger partial charge in [0.15, 0.2) is 6.10 Å². The first kappa shape index (κ1) is 72.3. The minimum Gasteiger partial charge on any atom is -0.462 e. The van der Waals surface area contributed by atoms with E-state index in [4.69, 9.17) is 14.2 Å². The molecular formula is C71H114O6. The Morgan fingerprint density at radius 2 is 0.506 bits per heavy atom. The molecule has 0 spiro atoms. The van der Waals surface area contributed by atoms with Gasteiger partial charge in [-0.25, -0.2) is 0 Å². The minimum atomic E-state index is -0.797. The third kappa shape index (κ3) is 62.0. The third-order valence-electron chi connectivity index (χ3n) is 12.8. The molecule has 0 fully saturated rings. The predicted molar refractivity (Wildman–Crippen MR) is 334 cm³/mol. The second-order valence-electron chi connectivity index (χ2n) is 20.2. The van der Waals surface area contributed by atoms with Crippen molar-refractivity contribution in [2.24, 2.45) is 0 Å². The summed E-state index contributed by atoms with van der Waals surface area (Å²) in [4.78, 5) is 38.1. The van der Waals surface area contributed by atoms with Gasteiger partial charge in [0.05, 0.1) is 0 Å². The minimum absolute atomic E-state index is 0.0935. The van der Waals surface area contributed by atoms with Crippen LogP contribution in [0.3, 0.4) is 0 Å². The smallest absolute Gasteiger partial charge is 0.306 e. The van der Waals surface area contributed by atoms with Gasteiger partial charge >= 0.3 is 17.9 Å². The van der Waals surface area contributed by atoms with E-state index in [9.17, 15) is 14.4 Å². The topological polar surface area (TPSA) is 78.9 Å². The fourth-order valence-electron chi connectivity index (χ4n) is 8.21. The number of carbonyl (C=O) groups is 3. The van der Waals surface area contributed by atoms with Crippen molar-refractivity contribution in [2.45, 2.75) is 271 Å². The molecule has 6 nitrogen and oxygen atoms in total. The number of allylic oxidation sites excluding steroid dienone is 24. The van der Waals surface area contributed by atoms with E-state index in [0.29, 0.717) is 19.3 Å². The third-order valence-corrected chi connectivity index (χ3v) is 12.8. The summed E-state index contributed by atoms with van der Waals surface area (Å²) in [5.74, 6) is -0.932. The van der Waals surface area contributed by atoms with Crippen molar-refractivity contribution >= 4 is 17.9 Å². The molecule has 0 aliphatic carbocycles. The average Bonchev–Trinajstić information content (AvgIpc) is 3.43. The Balaban J connectivity index is 4.23. The summed E-state index contributed by atoms with van der Waals surface area (Å²) in [6.45, 7) is 6.34. The maximum Gasteiger partial charge on any atom is 0.306 e. The molecule has 0 radical (unpaired) electrons. The lowest BCUT2D eigenvalue weighted by atomic mass is 10.1. The molecule has 0 aliphatic heterocycles. The molecule has 0 rings (SSSR count). The molecule has 0 aromatic carbocycles. The van der Waals surface area contributed by atoms with Crippen molar-refractivity contribution in [3.63, 3.8) is 0 Å². The highest BCUT2D eigenvalue weighted by Gasteiger charge is 2.19. The first-order valence-corrected chi connectivity index (χ1v) is 31.3. The van der Waals surface area contributed by atoms with Crippen LogP contribution in [0.4, 0.5) is 0 Å². The zero-order chi connectivity index (χ0) is 55.7. The van der Waals surface area contributed by atoms with E-state index in [-0.39, 0.29) is 31.1 Å². The van der Waals surface area contributed by atoms with E-state index in [1.807, 2.05) is 0 Å². The lowest BCUT2D eigenvalue weighted by Gasteiger charge is -2.18. The van der Waals surface area contributed by atoms with Crippen LogP contribution in [0.15, 0.2) is 146 Å². The molecule has 0 saturated carbocycles. The van der Waals surface area contributed by atoms with Gasteiger partial charge in [-0.2, -0.15) is 0 Å². The SMILES string of the molecule is CC/C=C\C/C=C\C/C=C\C/C=C\C/C=C\C/C=C\CCCCCCCCCCCCC(=O)OCC(COC(=O)CCCCCCCCC)OC(=O)CCCCCC/C=C\C/C=C\C/C=C\C/C=C\C/C=C\C/C=C\CC. The van der Waals surface area contributed by atoms with Gasteiger partial charge in [0.1, 0.15) is 13.2 Å². The second-order valence-corrected chi connectivity index (χ2v) is 20.2. The quantitative estimate of drug-likeness (QED) is 0.0261. The van der Waals surface area contributed by atoms with Crippen LogP contribution in [0.5, 0.6) is 0 Å². The average molecular weight is 1060 g/mol. The van der Waals surface area contributed by atoms with Crippen molar-refractivity contribution in [2.75, 3.05) is 13.2 Å². The van der Waals surface area contributed by atoms with E-state index in [2.05, 4.69) is 167 Å². The Morgan fingerprint density at radius 1 is 0.273 bits per heavy atom. The molecule has 0 heterocycles. The summed E-state index contributed by atoms with van der Waals surface area (Å²) in [7, 11) is 0. The van der Waals surface area contributed by atoms with Gasteiger partial charge in [0.2, 0.25) is 0 Å². The maximum absolute atomic E-state index is 12.8. The summed E-state index contributed by atoms with van der Waals surface area (Å²) in [5.41, 5.74) is 0. The van der Waals surface area contributed by atoms with Gasteiger partial charge in [-0.05, 0) is 122 Å². The number of rotatable bonds is 55. The molecule has 0 N–H and O–H groups in total. The lowest BCUT2D eigenvalue weighted by molar-refractivity contribution is -0.167. The first-order chi connectivity index (χ1) is 38.0. The molecular weight excluding hydrogens is 949 g/mol. The number of ether oxygens (including phenoxy) is 3. The largest absolute Gasteiger partial charge is 0.462 e. The molecule has 1 unspecified atom stereocenters. The van der Waals surface area contributed by atoms with Gasteiger partial charge in [-0.3, -0.25) is 14.4 Å². The van der Waals surface area contributed by atoms with Crippen LogP contribution >= 0.6 is 0 Å². The number of carbonyl (C=O) groups excluding carboxylic acids is 3. The number of unbranched alkanes of at least 4 members (excludes halogenated alkanes) is 20. The van der Waals surface area contributed by atoms with Crippen LogP contribution in [0.1, 0.15) is 265 Å². The van der Waals surface area contributed by atoms with E-state index in [1.165, 1.54) is 77.0 Å². The Morgan fingerprint density at radius 3 is 0.792 bits per heavy atom. The van der Waals surface area contributed by atoms with E-state index >= 15 is 0 Å². The van der Waals surface area contributed by atoms with Gasteiger partial charge in [0.25, 0.3) is 0 Å². The van der Waals surface area contributed by atoms with Crippen LogP contribution in [-0.2, 0) is 28.6 Å². The standard InChI is InChI=1S/C71H114O6/c1-4-7-10-13-16-18-20-22-24-26-28-30-32-33-34-35-36-37-39-40-42-44-46-48-50-52-55-58-61-64-70(73)76-67-68(66-75-69(72)63-60-57-54-15-12-9-6-3)77-71(74)65-62-59-56-53-51-49-47-45-43-41-38-31-29-27-25-23-21-19-17-14-11-8-5-2/h7-8,10-11,16-19,22-25,28-31,33-34,36-37,41,43,47,49,68H,4-6,9,12-15,20-21,26-27,32,35,38-40,42,44-46,48,50-67H2,1-3H3/b10-7-,11-8-,18-16-,19-17-,24-22-,25-23-,30-28-,31-29-,34-33-,37-36-,43-41-,49-47-. The van der Waals surface area contributed by atoms with Crippen molar-refractivity contribution in [3.8, 4) is 0 Å². The molecule has 0 bridgehead atoms. The number of hydrogen-bond donors (Lipinski definition) is 0. The van der Waals surface area contributed by atoms with Gasteiger partial charge < -0.3 is 14.2 Å². The molecule has 0 saturated heterocycles. The van der Waals surface area contributed by atoms with Crippen LogP contribution in [-0.4, -0.2) is 37.2 Å². The van der Waals surface area contributed by atoms with Crippen LogP contribution in [0.2, 0.25) is 0 Å². The first-order valence-electron chi connectivity index (χ1n) is 31.3. The Kier molecular flexibility index (Phi) is 59.9. The molecule has 0 aromatic heterocycles. The molecule has 1 atom stereocenters. The highest BCUT2D eigenvalue weighted by Crippen LogP contribution is 2.15. The highest BCUT2D eigenvalue weighted by molar-refractivity contribution is 5.71. The fraction of sp³-hybridized carbons (Fsp3) is 0.620. The van der Waals surface area contributed by atoms with Crippen molar-refractivity contribution in [3.05, 3.63) is 146 Å². The molecule has 6 heteroatoms. The Bertz CT molecular complexity index is 1700. The van der Waals surface area contributed by atoms with Crippen LogP contribution in [0, 0.1) is 0 Å². The van der Waals surface area contributed by atoms with Gasteiger partial charge in [-0.15, -0.1) is 0 Å². The summed E-state index contributed by atoms with van der Waals surface area (Å²) in [5, 5.41) is 0. The molecule has 0 aliphatic rings. The van der Waals surface area contributed by atoms with Gasteiger partial charge in [-0.1, -0.05) is 269 Å². The van der Waals surface area contributed by atoms with Crippen molar-refractivity contribution in [1.82, 2.24) is 0 Å². The monoisotopic (exact) mass is 1060 g/mol. The van der Waals surface area contributed by atoms with Crippen LogP contribution < -0.4 is 0 Å². The van der Waals surface area contributed by atoms with E-state index in [0.717, 1.165) is 148 Å². The number of esters is 3. The fourth-order valence-corrected chi connectivity index (χ4v) is 8.21. The Labute approximate surface area is 474 Å². The summed E-state index contributed by atoms with van der Waals surface area (Å²) >= 11 is 0. The summed E-state index contributed by atoms with van der Waals surface area (Å²) in [6, 6.07) is 0. The summed E-state index contributed by atoms with van der Waals surface area (Å²) < 4.78 is 16.8. The molecule has 0 aromatic rings. The lowest BCUT2D eigenvalue weighted by Crippen LogP contribution is -2.30. The molecule has 77 heavy (non-hydrogen) atoms. The molecule has 0 amide bonds. The zero-order valence-electron chi connectivity index (χ0n) is 49.7.